The third-order valence-electron chi connectivity index (χ3n) is 7.79. The number of fused-ring (bicyclic) bond motifs is 2. The van der Waals surface area contributed by atoms with E-state index < -0.39 is 40.6 Å². The van der Waals surface area contributed by atoms with E-state index in [1.54, 1.807) is 34.6 Å². The number of carbonyl (C=O) groups is 2. The minimum atomic E-state index is -2.90. The molecule has 0 spiro atoms. The first-order chi connectivity index (χ1) is 19.0. The van der Waals surface area contributed by atoms with Crippen LogP contribution in [0.3, 0.4) is 0 Å². The molecule has 4 rings (SSSR count). The Hall–Kier alpha value is -2.41. The van der Waals surface area contributed by atoms with Gasteiger partial charge in [0.05, 0.1) is 5.75 Å². The van der Waals surface area contributed by atoms with E-state index in [9.17, 15) is 23.8 Å². The van der Waals surface area contributed by atoms with Crippen LogP contribution in [0.5, 0.6) is 0 Å². The molecule has 2 aliphatic rings. The Morgan fingerprint density at radius 3 is 2.60 bits per heavy atom. The Balaban J connectivity index is 1.55. The predicted molar refractivity (Wildman–Crippen MR) is 157 cm³/mol. The molecule has 9 nitrogen and oxygen atoms in total. The van der Waals surface area contributed by atoms with Crippen LogP contribution in [0.1, 0.15) is 50.2 Å². The summed E-state index contributed by atoms with van der Waals surface area (Å²) in [6.45, 7) is 4.87. The number of rotatable bonds is 9. The Bertz CT molecular complexity index is 1200. The number of hydrogen-bond acceptors (Lipinski definition) is 6. The average Bonchev–Trinajstić information content (AvgIpc) is 3.00. The van der Waals surface area contributed by atoms with Gasteiger partial charge in [-0.25, -0.2) is 13.5 Å². The highest BCUT2D eigenvalue weighted by Crippen LogP contribution is 2.49. The molecule has 2 aromatic carbocycles. The molecule has 5 atom stereocenters. The van der Waals surface area contributed by atoms with E-state index in [4.69, 9.17) is 11.6 Å². The van der Waals surface area contributed by atoms with Crippen LogP contribution in [0.15, 0.2) is 42.5 Å². The van der Waals surface area contributed by atoms with Crippen molar-refractivity contribution >= 4 is 40.1 Å². The first kappa shape index (κ1) is 30.5. The monoisotopic (exact) mass is 596 g/mol. The Morgan fingerprint density at radius 1 is 1.20 bits per heavy atom. The van der Waals surface area contributed by atoms with Gasteiger partial charge in [-0.2, -0.15) is 0 Å². The SMILES string of the molecule is CC(C)[C@H](c1ccc(Cl)cc1)[C@@H](NC(=O)O)C(=O)Nc1cccc(F)c1CCC1CNC2CCCS(O)(O)N1C2. The number of amides is 2. The van der Waals surface area contributed by atoms with Crippen molar-refractivity contribution in [3.8, 4) is 0 Å². The molecule has 220 valence electrons. The summed E-state index contributed by atoms with van der Waals surface area (Å²) in [5.74, 6) is -1.41. The first-order valence-corrected chi connectivity index (χ1v) is 15.6. The molecule has 3 unspecified atom stereocenters. The molecule has 2 saturated heterocycles. The van der Waals surface area contributed by atoms with Crippen molar-refractivity contribution in [3.05, 3.63) is 64.4 Å². The lowest BCUT2D eigenvalue weighted by atomic mass is 9.82. The van der Waals surface area contributed by atoms with E-state index >= 15 is 4.39 Å². The predicted octanol–water partition coefficient (Wildman–Crippen LogP) is 5.53. The van der Waals surface area contributed by atoms with Crippen molar-refractivity contribution in [2.45, 2.75) is 63.6 Å². The van der Waals surface area contributed by atoms with E-state index in [1.165, 1.54) is 12.1 Å². The zero-order valence-electron chi connectivity index (χ0n) is 22.6. The Morgan fingerprint density at radius 2 is 1.93 bits per heavy atom. The smallest absolute Gasteiger partial charge is 0.405 e. The van der Waals surface area contributed by atoms with Gasteiger partial charge in [0, 0.05) is 47.4 Å². The summed E-state index contributed by atoms with van der Waals surface area (Å²) in [5, 5.41) is 18.7. The summed E-state index contributed by atoms with van der Waals surface area (Å²) in [6, 6.07) is 10.1. The molecule has 0 aromatic heterocycles. The molecule has 2 fully saturated rings. The minimum absolute atomic E-state index is 0.119. The van der Waals surface area contributed by atoms with E-state index in [0.29, 0.717) is 30.3 Å². The zero-order chi connectivity index (χ0) is 29.0. The van der Waals surface area contributed by atoms with Crippen LogP contribution in [-0.4, -0.2) is 67.5 Å². The molecule has 2 heterocycles. The maximum Gasteiger partial charge on any atom is 0.405 e. The fourth-order valence-corrected chi connectivity index (χ4v) is 7.81. The van der Waals surface area contributed by atoms with Crippen LogP contribution in [0.2, 0.25) is 5.02 Å². The van der Waals surface area contributed by atoms with Crippen LogP contribution < -0.4 is 16.0 Å². The number of nitrogens with zero attached hydrogens (tertiary/aromatic N) is 1. The van der Waals surface area contributed by atoms with Gasteiger partial charge in [-0.15, -0.1) is 10.8 Å². The topological polar surface area (TPSA) is 134 Å². The normalized spacial score (nSPS) is 24.4. The third kappa shape index (κ3) is 7.26. The Kier molecular flexibility index (Phi) is 9.97. The van der Waals surface area contributed by atoms with E-state index in [0.717, 1.165) is 18.4 Å². The number of benzene rings is 2. The van der Waals surface area contributed by atoms with Crippen molar-refractivity contribution in [3.63, 3.8) is 0 Å². The molecule has 2 aliphatic heterocycles. The van der Waals surface area contributed by atoms with Gasteiger partial charge >= 0.3 is 6.09 Å². The van der Waals surface area contributed by atoms with Crippen LogP contribution in [0.4, 0.5) is 14.9 Å². The van der Waals surface area contributed by atoms with Crippen molar-refractivity contribution in [1.82, 2.24) is 14.9 Å². The summed E-state index contributed by atoms with van der Waals surface area (Å²) in [7, 11) is -2.90. The quantitative estimate of drug-likeness (QED) is 0.224. The fourth-order valence-electron chi connectivity index (χ4n) is 5.82. The summed E-state index contributed by atoms with van der Waals surface area (Å²) in [5.41, 5.74) is 1.28. The second kappa shape index (κ2) is 13.1. The maximum atomic E-state index is 15.1. The number of carbonyl (C=O) groups excluding carboxylic acids is 1. The van der Waals surface area contributed by atoms with Crippen LogP contribution in [0, 0.1) is 11.7 Å². The molecule has 2 amide bonds. The standard InChI is InChI=1S/C28H38ClFN4O5S/c1-17(2)25(18-8-10-19(29)11-9-18)26(33-28(36)37)27(35)32-24-7-3-6-23(30)22(24)13-12-21-15-31-20-5-4-14-40(38,39)34(21)16-20/h3,6-11,17,20-21,25-26,31,33,38-39H,4-5,12-16H2,1-2H3,(H,32,35)(H,36,37)/t20?,21?,25-,26-/m1/s1. The highest BCUT2D eigenvalue weighted by molar-refractivity contribution is 8.22. The third-order valence-corrected chi connectivity index (χ3v) is 10.1. The van der Waals surface area contributed by atoms with Crippen molar-refractivity contribution in [2.75, 3.05) is 24.2 Å². The molecule has 0 radical (unpaired) electrons. The molecular weight excluding hydrogens is 559 g/mol. The summed E-state index contributed by atoms with van der Waals surface area (Å²) in [4.78, 5) is 25.3. The van der Waals surface area contributed by atoms with Crippen molar-refractivity contribution in [2.24, 2.45) is 5.92 Å². The molecule has 0 aliphatic carbocycles. The molecular formula is C28H38ClFN4O5S. The summed E-state index contributed by atoms with van der Waals surface area (Å²) in [6.07, 6.45) is 0.939. The summed E-state index contributed by atoms with van der Waals surface area (Å²) >= 11 is 6.04. The highest BCUT2D eigenvalue weighted by Gasteiger charge is 2.38. The second-order valence-corrected chi connectivity index (χ2v) is 13.5. The van der Waals surface area contributed by atoms with Crippen LogP contribution in [-0.2, 0) is 11.2 Å². The number of piperazine rings is 1. The minimum Gasteiger partial charge on any atom is -0.465 e. The Labute approximate surface area is 241 Å². The molecule has 6 N–H and O–H groups in total. The molecule has 0 saturated carbocycles. The maximum absolute atomic E-state index is 15.1. The first-order valence-electron chi connectivity index (χ1n) is 13.6. The van der Waals surface area contributed by atoms with Gasteiger partial charge in [-0.05, 0) is 61.4 Å². The molecule has 2 aromatic rings. The average molecular weight is 597 g/mol. The lowest BCUT2D eigenvalue weighted by Crippen LogP contribution is -2.55. The molecule has 2 bridgehead atoms. The van der Waals surface area contributed by atoms with Gasteiger partial charge in [0.25, 0.3) is 0 Å². The largest absolute Gasteiger partial charge is 0.465 e. The van der Waals surface area contributed by atoms with Gasteiger partial charge in [0.2, 0.25) is 5.91 Å². The van der Waals surface area contributed by atoms with Crippen molar-refractivity contribution < 1.29 is 28.2 Å². The number of anilines is 1. The van der Waals surface area contributed by atoms with Gasteiger partial charge in [-0.3, -0.25) is 13.9 Å². The number of hydrogen-bond donors (Lipinski definition) is 6. The van der Waals surface area contributed by atoms with Gasteiger partial charge in [0.15, 0.2) is 0 Å². The van der Waals surface area contributed by atoms with Gasteiger partial charge in [0.1, 0.15) is 11.9 Å². The lowest BCUT2D eigenvalue weighted by molar-refractivity contribution is -0.118. The van der Waals surface area contributed by atoms with Gasteiger partial charge < -0.3 is 21.1 Å². The number of nitrogens with one attached hydrogen (secondary N) is 3. The molecule has 12 heteroatoms. The van der Waals surface area contributed by atoms with E-state index in [2.05, 4.69) is 16.0 Å². The lowest BCUT2D eigenvalue weighted by Gasteiger charge is -2.49. The highest BCUT2D eigenvalue weighted by atomic mass is 35.5. The van der Waals surface area contributed by atoms with Gasteiger partial charge in [-0.1, -0.05) is 43.6 Å². The van der Waals surface area contributed by atoms with E-state index in [1.807, 2.05) is 13.8 Å². The second-order valence-electron chi connectivity index (χ2n) is 10.9. The fraction of sp³-hybridized carbons (Fsp3) is 0.500. The zero-order valence-corrected chi connectivity index (χ0v) is 24.2. The summed E-state index contributed by atoms with van der Waals surface area (Å²) < 4.78 is 38.4. The van der Waals surface area contributed by atoms with Crippen molar-refractivity contribution in [1.29, 1.82) is 0 Å². The number of halogens is 2. The van der Waals surface area contributed by atoms with Crippen LogP contribution in [0.25, 0.3) is 0 Å². The number of carboxylic acid groups (broad SMARTS) is 1. The van der Waals surface area contributed by atoms with E-state index in [-0.39, 0.29) is 35.7 Å². The molecule has 40 heavy (non-hydrogen) atoms. The van der Waals surface area contributed by atoms with Crippen LogP contribution >= 0.6 is 22.4 Å².